The number of rotatable bonds is 3. The van der Waals surface area contributed by atoms with Crippen molar-refractivity contribution in [2.75, 3.05) is 5.32 Å². The topological polar surface area (TPSA) is 68.5 Å². The molecule has 2 heterocycles. The molecule has 0 amide bonds. The number of aromatic nitrogens is 5. The molecule has 0 saturated carbocycles. The minimum absolute atomic E-state index is 0.450. The molecule has 0 aliphatic heterocycles. The summed E-state index contributed by atoms with van der Waals surface area (Å²) >= 11 is 5.87. The number of nitrogens with one attached hydrogen (secondary N) is 1. The van der Waals surface area contributed by atoms with Crippen LogP contribution in [-0.4, -0.2) is 24.7 Å². The molecule has 2 aromatic rings. The van der Waals surface area contributed by atoms with Crippen molar-refractivity contribution < 1.29 is 0 Å². The molecule has 2 rings (SSSR count). The Morgan fingerprint density at radius 3 is 2.88 bits per heavy atom. The molecule has 0 fully saturated rings. The van der Waals surface area contributed by atoms with E-state index in [4.69, 9.17) is 11.6 Å². The molecule has 0 atom stereocenters. The molecular formula is C9H11ClN6. The predicted molar refractivity (Wildman–Crippen MR) is 60.1 cm³/mol. The Kier molecular flexibility index (Phi) is 3.00. The van der Waals surface area contributed by atoms with Crippen molar-refractivity contribution in [2.45, 2.75) is 13.5 Å². The van der Waals surface area contributed by atoms with Crippen LogP contribution in [0, 0.1) is 6.92 Å². The number of hydrogen-bond donors (Lipinski definition) is 1. The lowest BCUT2D eigenvalue weighted by molar-refractivity contribution is 0.746. The van der Waals surface area contributed by atoms with E-state index in [0.717, 1.165) is 5.56 Å². The summed E-state index contributed by atoms with van der Waals surface area (Å²) in [5, 5.41) is 7.70. The van der Waals surface area contributed by atoms with Gasteiger partial charge in [0.15, 0.2) is 5.82 Å². The summed E-state index contributed by atoms with van der Waals surface area (Å²) in [4.78, 5) is 12.1. The van der Waals surface area contributed by atoms with Gasteiger partial charge in [0.25, 0.3) is 0 Å². The van der Waals surface area contributed by atoms with Gasteiger partial charge < -0.3 is 5.32 Å². The summed E-state index contributed by atoms with van der Waals surface area (Å²) in [6, 6.07) is 0. The Hall–Kier alpha value is -1.69. The molecule has 0 bridgehead atoms. The molecule has 6 nitrogen and oxygen atoms in total. The third-order valence-corrected chi connectivity index (χ3v) is 2.46. The Morgan fingerprint density at radius 2 is 2.19 bits per heavy atom. The number of hydrogen-bond acceptors (Lipinski definition) is 5. The largest absolute Gasteiger partial charge is 0.362 e. The number of halogens is 1. The van der Waals surface area contributed by atoms with Crippen LogP contribution >= 0.6 is 11.6 Å². The lowest BCUT2D eigenvalue weighted by Crippen LogP contribution is -2.06. The molecule has 0 radical (unpaired) electrons. The van der Waals surface area contributed by atoms with Gasteiger partial charge in [-0.2, -0.15) is 5.10 Å². The summed E-state index contributed by atoms with van der Waals surface area (Å²) < 4.78 is 1.65. The van der Waals surface area contributed by atoms with E-state index < -0.39 is 0 Å². The van der Waals surface area contributed by atoms with Gasteiger partial charge in [0.2, 0.25) is 0 Å². The average molecular weight is 239 g/mol. The normalized spacial score (nSPS) is 10.4. The number of nitrogens with zero attached hydrogens (tertiary/aromatic N) is 5. The lowest BCUT2D eigenvalue weighted by Gasteiger charge is -2.06. The van der Waals surface area contributed by atoms with Gasteiger partial charge in [0, 0.05) is 12.6 Å². The second-order valence-electron chi connectivity index (χ2n) is 3.33. The van der Waals surface area contributed by atoms with Gasteiger partial charge in [0.1, 0.15) is 23.6 Å². The first-order chi connectivity index (χ1) is 7.66. The van der Waals surface area contributed by atoms with Crippen molar-refractivity contribution in [3.8, 4) is 0 Å². The van der Waals surface area contributed by atoms with Crippen molar-refractivity contribution >= 4 is 17.4 Å². The standard InChI is InChI=1S/C9H11ClN6/c1-6-8(10)12-4-13-9(6)11-3-7-14-5-16(2)15-7/h4-5H,3H2,1-2H3,(H,11,12,13). The molecular weight excluding hydrogens is 228 g/mol. The van der Waals surface area contributed by atoms with E-state index in [1.54, 1.807) is 11.0 Å². The maximum Gasteiger partial charge on any atom is 0.169 e. The Balaban J connectivity index is 2.07. The summed E-state index contributed by atoms with van der Waals surface area (Å²) in [6.07, 6.45) is 3.07. The fourth-order valence-electron chi connectivity index (χ4n) is 1.23. The van der Waals surface area contributed by atoms with E-state index in [1.807, 2.05) is 14.0 Å². The van der Waals surface area contributed by atoms with Crippen LogP contribution in [0.5, 0.6) is 0 Å². The van der Waals surface area contributed by atoms with Crippen LogP contribution < -0.4 is 5.32 Å². The van der Waals surface area contributed by atoms with E-state index in [2.05, 4.69) is 25.4 Å². The minimum atomic E-state index is 0.450. The molecule has 7 heteroatoms. The van der Waals surface area contributed by atoms with Crippen LogP contribution in [0.1, 0.15) is 11.4 Å². The maximum absolute atomic E-state index is 5.87. The molecule has 0 aliphatic rings. The van der Waals surface area contributed by atoms with Crippen LogP contribution in [0.4, 0.5) is 5.82 Å². The SMILES string of the molecule is Cc1c(Cl)ncnc1NCc1ncn(C)n1. The fourth-order valence-corrected chi connectivity index (χ4v) is 1.37. The maximum atomic E-state index is 5.87. The smallest absolute Gasteiger partial charge is 0.169 e. The zero-order chi connectivity index (χ0) is 11.5. The Bertz CT molecular complexity index is 494. The highest BCUT2D eigenvalue weighted by Crippen LogP contribution is 2.17. The third kappa shape index (κ3) is 2.27. The van der Waals surface area contributed by atoms with Gasteiger partial charge in [0.05, 0.1) is 6.54 Å². The quantitative estimate of drug-likeness (QED) is 0.814. The van der Waals surface area contributed by atoms with Crippen LogP contribution in [0.25, 0.3) is 0 Å². The number of aryl methyl sites for hydroxylation is 1. The van der Waals surface area contributed by atoms with Gasteiger partial charge in [-0.1, -0.05) is 11.6 Å². The van der Waals surface area contributed by atoms with E-state index in [-0.39, 0.29) is 0 Å². The van der Waals surface area contributed by atoms with Crippen molar-refractivity contribution in [2.24, 2.45) is 7.05 Å². The second-order valence-corrected chi connectivity index (χ2v) is 3.68. The molecule has 0 unspecified atom stereocenters. The predicted octanol–water partition coefficient (Wildman–Crippen LogP) is 1.18. The monoisotopic (exact) mass is 238 g/mol. The van der Waals surface area contributed by atoms with Crippen molar-refractivity contribution in [3.63, 3.8) is 0 Å². The summed E-state index contributed by atoms with van der Waals surface area (Å²) in [5.41, 5.74) is 0.820. The van der Waals surface area contributed by atoms with Gasteiger partial charge in [-0.15, -0.1) is 0 Å². The van der Waals surface area contributed by atoms with Gasteiger partial charge in [-0.3, -0.25) is 4.68 Å². The van der Waals surface area contributed by atoms with E-state index in [9.17, 15) is 0 Å². The van der Waals surface area contributed by atoms with Gasteiger partial charge in [-0.25, -0.2) is 15.0 Å². The van der Waals surface area contributed by atoms with Crippen LogP contribution in [0.3, 0.4) is 0 Å². The van der Waals surface area contributed by atoms with Crippen molar-refractivity contribution in [3.05, 3.63) is 29.2 Å². The molecule has 16 heavy (non-hydrogen) atoms. The molecule has 2 aromatic heterocycles. The first-order valence-corrected chi connectivity index (χ1v) is 5.10. The molecule has 84 valence electrons. The summed E-state index contributed by atoms with van der Waals surface area (Å²) in [7, 11) is 1.82. The number of anilines is 1. The third-order valence-electron chi connectivity index (χ3n) is 2.08. The molecule has 0 saturated heterocycles. The first-order valence-electron chi connectivity index (χ1n) is 4.72. The molecule has 0 aromatic carbocycles. The van der Waals surface area contributed by atoms with Gasteiger partial charge in [-0.05, 0) is 6.92 Å². The average Bonchev–Trinajstić information content (AvgIpc) is 2.67. The highest BCUT2D eigenvalue weighted by molar-refractivity contribution is 6.30. The second kappa shape index (κ2) is 4.44. The Morgan fingerprint density at radius 1 is 1.38 bits per heavy atom. The molecule has 1 N–H and O–H groups in total. The van der Waals surface area contributed by atoms with Crippen molar-refractivity contribution in [1.82, 2.24) is 24.7 Å². The zero-order valence-electron chi connectivity index (χ0n) is 8.98. The van der Waals surface area contributed by atoms with Crippen molar-refractivity contribution in [1.29, 1.82) is 0 Å². The fraction of sp³-hybridized carbons (Fsp3) is 0.333. The zero-order valence-corrected chi connectivity index (χ0v) is 9.73. The highest BCUT2D eigenvalue weighted by atomic mass is 35.5. The summed E-state index contributed by atoms with van der Waals surface area (Å²) in [6.45, 7) is 2.37. The van der Waals surface area contributed by atoms with Gasteiger partial charge >= 0.3 is 0 Å². The van der Waals surface area contributed by atoms with E-state index in [0.29, 0.717) is 23.3 Å². The lowest BCUT2D eigenvalue weighted by atomic mass is 10.3. The molecule has 0 spiro atoms. The Labute approximate surface area is 97.7 Å². The highest BCUT2D eigenvalue weighted by Gasteiger charge is 2.05. The van der Waals surface area contributed by atoms with Crippen LogP contribution in [0.2, 0.25) is 5.15 Å². The van der Waals surface area contributed by atoms with Crippen LogP contribution in [0.15, 0.2) is 12.7 Å². The van der Waals surface area contributed by atoms with Crippen LogP contribution in [-0.2, 0) is 13.6 Å². The first kappa shape index (κ1) is 10.8. The summed E-state index contributed by atoms with van der Waals surface area (Å²) in [5.74, 6) is 1.41. The van der Waals surface area contributed by atoms with E-state index >= 15 is 0 Å². The minimum Gasteiger partial charge on any atom is -0.362 e. The van der Waals surface area contributed by atoms with E-state index in [1.165, 1.54) is 6.33 Å². The molecule has 0 aliphatic carbocycles.